The number of nitro groups is 3. The lowest BCUT2D eigenvalue weighted by Gasteiger charge is -2.32. The van der Waals surface area contributed by atoms with Crippen molar-refractivity contribution in [2.75, 3.05) is 19.8 Å². The van der Waals surface area contributed by atoms with Crippen LogP contribution in [0.2, 0.25) is 0 Å². The van der Waals surface area contributed by atoms with Crippen LogP contribution in [0, 0.1) is 67.4 Å². The van der Waals surface area contributed by atoms with Crippen molar-refractivity contribution in [3.63, 3.8) is 0 Å². The third kappa shape index (κ3) is 9.81. The van der Waals surface area contributed by atoms with Crippen LogP contribution in [0.1, 0.15) is 23.6 Å². The van der Waals surface area contributed by atoms with E-state index in [1.165, 1.54) is 54.6 Å². The SMILES string of the molecule is C#CCOc1ccc([N+](=O)[O-])c(Oc2ccc(C(C)(c3ccc(Oc4cc(OCC#C)ccc4[N+](=O)[O-])cc3)c3ccc(Oc4cc(OCC#C)ccc4[N+](=O)[O-])cc3)cc2)c1. The fraction of sp³-hybridized carbons (Fsp3) is 0.106. The first-order chi connectivity index (χ1) is 29.9. The van der Waals surface area contributed by atoms with Crippen LogP contribution < -0.4 is 28.4 Å². The average molecular weight is 832 g/mol. The summed E-state index contributed by atoms with van der Waals surface area (Å²) in [6.07, 6.45) is 15.9. The number of rotatable bonds is 18. The Morgan fingerprint density at radius 3 is 0.903 bits per heavy atom. The molecule has 6 aromatic rings. The van der Waals surface area contributed by atoms with Gasteiger partial charge in [0.05, 0.1) is 14.8 Å². The summed E-state index contributed by atoms with van der Waals surface area (Å²) in [6, 6.07) is 32.9. The van der Waals surface area contributed by atoms with Gasteiger partial charge in [-0.05, 0) is 78.2 Å². The Balaban J connectivity index is 1.37. The first-order valence-corrected chi connectivity index (χ1v) is 18.3. The Morgan fingerprint density at radius 1 is 0.435 bits per heavy atom. The maximum Gasteiger partial charge on any atom is 0.311 e. The van der Waals surface area contributed by atoms with Gasteiger partial charge in [-0.2, -0.15) is 0 Å². The van der Waals surface area contributed by atoms with Crippen molar-refractivity contribution in [2.24, 2.45) is 0 Å². The van der Waals surface area contributed by atoms with Crippen LogP contribution in [0.25, 0.3) is 0 Å². The van der Waals surface area contributed by atoms with Crippen molar-refractivity contribution in [3.05, 3.63) is 174 Å². The summed E-state index contributed by atoms with van der Waals surface area (Å²) in [4.78, 5) is 33.8. The van der Waals surface area contributed by atoms with Crippen LogP contribution in [0.3, 0.4) is 0 Å². The second kappa shape index (κ2) is 19.2. The molecule has 0 atom stereocenters. The topological polar surface area (TPSA) is 185 Å². The molecular weight excluding hydrogens is 799 g/mol. The molecule has 308 valence electrons. The lowest BCUT2D eigenvalue weighted by Crippen LogP contribution is -2.25. The molecule has 0 heterocycles. The second-order valence-corrected chi connectivity index (χ2v) is 13.1. The Hall–Kier alpha value is -9.00. The van der Waals surface area contributed by atoms with Crippen molar-refractivity contribution in [3.8, 4) is 88.8 Å². The molecule has 15 nitrogen and oxygen atoms in total. The summed E-state index contributed by atoms with van der Waals surface area (Å²) in [5, 5.41) is 35.5. The smallest absolute Gasteiger partial charge is 0.311 e. The molecule has 0 saturated heterocycles. The lowest BCUT2D eigenvalue weighted by molar-refractivity contribution is -0.385. The van der Waals surface area contributed by atoms with E-state index in [0.717, 1.165) is 16.7 Å². The van der Waals surface area contributed by atoms with Gasteiger partial charge in [0.25, 0.3) is 0 Å². The zero-order valence-electron chi connectivity index (χ0n) is 32.7. The molecule has 0 N–H and O–H groups in total. The molecule has 0 unspecified atom stereocenters. The molecule has 0 aliphatic heterocycles. The first-order valence-electron chi connectivity index (χ1n) is 18.3. The van der Waals surface area contributed by atoms with Crippen LogP contribution in [0.15, 0.2) is 127 Å². The molecule has 15 heteroatoms. The van der Waals surface area contributed by atoms with Crippen LogP contribution in [0.5, 0.6) is 51.7 Å². The van der Waals surface area contributed by atoms with Crippen molar-refractivity contribution >= 4 is 17.1 Å². The highest BCUT2D eigenvalue weighted by Gasteiger charge is 2.32. The molecule has 6 rings (SSSR count). The third-order valence-corrected chi connectivity index (χ3v) is 9.33. The minimum atomic E-state index is -0.936. The van der Waals surface area contributed by atoms with E-state index in [1.807, 2.05) is 6.92 Å². The summed E-state index contributed by atoms with van der Waals surface area (Å²) in [5.41, 5.74) is 0.444. The van der Waals surface area contributed by atoms with Gasteiger partial charge in [0.1, 0.15) is 54.3 Å². The summed E-state index contributed by atoms with van der Waals surface area (Å²) in [7, 11) is 0. The molecule has 0 fully saturated rings. The highest BCUT2D eigenvalue weighted by Crippen LogP contribution is 2.43. The molecule has 0 saturated carbocycles. The fourth-order valence-electron chi connectivity index (χ4n) is 6.28. The molecule has 0 amide bonds. The van der Waals surface area contributed by atoms with Gasteiger partial charge >= 0.3 is 17.1 Å². The minimum absolute atomic E-state index is 0.0464. The van der Waals surface area contributed by atoms with Gasteiger partial charge < -0.3 is 28.4 Å². The molecule has 0 spiro atoms. The summed E-state index contributed by atoms with van der Waals surface area (Å²) >= 11 is 0. The molecular formula is C47H33N3O12. The van der Waals surface area contributed by atoms with Crippen molar-refractivity contribution < 1.29 is 43.2 Å². The highest BCUT2D eigenvalue weighted by atomic mass is 16.6. The number of terminal acetylenes is 3. The van der Waals surface area contributed by atoms with E-state index in [9.17, 15) is 30.3 Å². The number of ether oxygens (including phenoxy) is 6. The molecule has 0 bridgehead atoms. The molecule has 0 aliphatic rings. The predicted molar refractivity (Wildman–Crippen MR) is 227 cm³/mol. The van der Waals surface area contributed by atoms with Gasteiger partial charge in [-0.15, -0.1) is 19.3 Å². The summed E-state index contributed by atoms with van der Waals surface area (Å²) in [6.45, 7) is 1.82. The van der Waals surface area contributed by atoms with E-state index in [4.69, 9.17) is 47.7 Å². The Kier molecular flexibility index (Phi) is 13.2. The second-order valence-electron chi connectivity index (χ2n) is 13.1. The molecule has 0 aliphatic carbocycles. The number of nitro benzene ring substituents is 3. The Labute approximate surface area is 354 Å². The number of hydrogen-bond donors (Lipinski definition) is 0. The molecule has 6 aromatic carbocycles. The standard InChI is InChI=1S/C47H33N3O12/c1-5-26-57-38-20-23-41(48(51)52)44(29-38)60-35-14-8-32(9-15-35)47(4,33-10-16-36(17-11-33)61-45-30-39(58-27-6-2)21-24-42(45)49(53)54)34-12-18-37(19-13-34)62-46-31-40(59-28-7-3)22-25-43(46)50(55)56/h1-3,8-25,29-31H,26-28H2,4H3. The van der Waals surface area contributed by atoms with Gasteiger partial charge in [0, 0.05) is 41.8 Å². The van der Waals surface area contributed by atoms with E-state index in [0.29, 0.717) is 0 Å². The van der Waals surface area contributed by atoms with Gasteiger partial charge in [0.2, 0.25) is 17.2 Å². The predicted octanol–water partition coefficient (Wildman–Crippen LogP) is 10.2. The van der Waals surface area contributed by atoms with Gasteiger partial charge in [0.15, 0.2) is 0 Å². The monoisotopic (exact) mass is 831 g/mol. The van der Waals surface area contributed by atoms with Crippen molar-refractivity contribution in [2.45, 2.75) is 12.3 Å². The van der Waals surface area contributed by atoms with E-state index >= 15 is 0 Å². The lowest BCUT2D eigenvalue weighted by atomic mass is 9.71. The molecule has 0 radical (unpaired) electrons. The third-order valence-electron chi connectivity index (χ3n) is 9.33. The zero-order chi connectivity index (χ0) is 44.2. The van der Waals surface area contributed by atoms with Crippen LogP contribution in [-0.2, 0) is 5.41 Å². The van der Waals surface area contributed by atoms with E-state index in [-0.39, 0.29) is 88.6 Å². The van der Waals surface area contributed by atoms with E-state index in [1.54, 1.807) is 72.8 Å². The van der Waals surface area contributed by atoms with Crippen LogP contribution in [0.4, 0.5) is 17.1 Å². The molecule has 62 heavy (non-hydrogen) atoms. The average Bonchev–Trinajstić information content (AvgIpc) is 3.27. The maximum atomic E-state index is 11.8. The summed E-state index contributed by atoms with van der Waals surface area (Å²) in [5.74, 6) is 8.55. The van der Waals surface area contributed by atoms with Gasteiger partial charge in [-0.1, -0.05) is 54.2 Å². The van der Waals surface area contributed by atoms with Gasteiger partial charge in [-0.25, -0.2) is 0 Å². The highest BCUT2D eigenvalue weighted by molar-refractivity contribution is 5.57. The van der Waals surface area contributed by atoms with E-state index in [2.05, 4.69) is 17.8 Å². The molecule has 0 aromatic heterocycles. The number of hydrogen-bond acceptors (Lipinski definition) is 12. The quantitative estimate of drug-likeness (QED) is 0.0346. The largest absolute Gasteiger partial charge is 0.481 e. The van der Waals surface area contributed by atoms with Crippen molar-refractivity contribution in [1.82, 2.24) is 0 Å². The summed E-state index contributed by atoms with van der Waals surface area (Å²) < 4.78 is 34.3. The zero-order valence-corrected chi connectivity index (χ0v) is 32.7. The van der Waals surface area contributed by atoms with Crippen LogP contribution in [-0.4, -0.2) is 34.6 Å². The fourth-order valence-corrected chi connectivity index (χ4v) is 6.28. The number of nitrogens with zero attached hydrogens (tertiary/aromatic N) is 3. The van der Waals surface area contributed by atoms with Gasteiger partial charge in [-0.3, -0.25) is 30.3 Å². The maximum absolute atomic E-state index is 11.8. The first kappa shape index (κ1) is 42.6. The normalized spacial score (nSPS) is 10.5. The minimum Gasteiger partial charge on any atom is -0.481 e. The van der Waals surface area contributed by atoms with Crippen LogP contribution >= 0.6 is 0 Å². The Bertz CT molecular complexity index is 2450. The van der Waals surface area contributed by atoms with E-state index < -0.39 is 20.2 Å². The Morgan fingerprint density at radius 2 is 0.677 bits per heavy atom. The van der Waals surface area contributed by atoms with Crippen molar-refractivity contribution in [1.29, 1.82) is 0 Å². The number of benzene rings is 6.